The molecule has 32 heavy (non-hydrogen) atoms. The zero-order valence-corrected chi connectivity index (χ0v) is 19.9. The summed E-state index contributed by atoms with van der Waals surface area (Å²) < 4.78 is 41.8. The van der Waals surface area contributed by atoms with Crippen LogP contribution < -0.4 is 20.7 Å². The van der Waals surface area contributed by atoms with Crippen LogP contribution in [0.4, 0.5) is 18.9 Å². The molecule has 2 aromatic rings. The van der Waals surface area contributed by atoms with Gasteiger partial charge in [-0.3, -0.25) is 9.79 Å². The Morgan fingerprint density at radius 2 is 1.81 bits per heavy atom. The van der Waals surface area contributed by atoms with Crippen LogP contribution in [0.2, 0.25) is 0 Å². The average Bonchev–Trinajstić information content (AvgIpc) is 2.67. The molecule has 1 amide bonds. The summed E-state index contributed by atoms with van der Waals surface area (Å²) in [4.78, 5) is 16.2. The molecular formula is C22H26F3IN4O2. The highest BCUT2D eigenvalue weighted by atomic mass is 127. The SMILES string of the molecule is CN=C(NCc1cccc(NC(=O)C2CCC2)c1)NCc1ccccc1OC(F)(F)F.I. The first-order chi connectivity index (χ1) is 14.8. The van der Waals surface area contributed by atoms with Gasteiger partial charge in [-0.1, -0.05) is 36.8 Å². The number of rotatable bonds is 7. The molecule has 3 N–H and O–H groups in total. The smallest absolute Gasteiger partial charge is 0.405 e. The molecule has 0 aliphatic heterocycles. The molecule has 0 heterocycles. The molecule has 1 aliphatic rings. The Morgan fingerprint density at radius 3 is 2.47 bits per heavy atom. The van der Waals surface area contributed by atoms with Gasteiger partial charge in [-0.2, -0.15) is 0 Å². The number of hydrogen-bond acceptors (Lipinski definition) is 3. The zero-order valence-electron chi connectivity index (χ0n) is 17.5. The van der Waals surface area contributed by atoms with Gasteiger partial charge in [0.1, 0.15) is 5.75 Å². The summed E-state index contributed by atoms with van der Waals surface area (Å²) in [5.41, 5.74) is 2.01. The van der Waals surface area contributed by atoms with E-state index in [1.807, 2.05) is 24.3 Å². The van der Waals surface area contributed by atoms with Crippen molar-refractivity contribution in [2.75, 3.05) is 12.4 Å². The van der Waals surface area contributed by atoms with Gasteiger partial charge in [-0.15, -0.1) is 37.1 Å². The predicted octanol–water partition coefficient (Wildman–Crippen LogP) is 4.81. The van der Waals surface area contributed by atoms with E-state index >= 15 is 0 Å². The molecule has 2 aromatic carbocycles. The molecule has 0 radical (unpaired) electrons. The highest BCUT2D eigenvalue weighted by Gasteiger charge is 2.32. The van der Waals surface area contributed by atoms with Gasteiger partial charge in [0.05, 0.1) is 0 Å². The number of para-hydroxylation sites is 1. The van der Waals surface area contributed by atoms with Crippen LogP contribution in [-0.4, -0.2) is 25.3 Å². The molecular weight excluding hydrogens is 536 g/mol. The number of halogens is 4. The lowest BCUT2D eigenvalue weighted by Gasteiger charge is -2.24. The molecule has 0 bridgehead atoms. The molecule has 1 aliphatic carbocycles. The Bertz CT molecular complexity index is 933. The number of amides is 1. The summed E-state index contributed by atoms with van der Waals surface area (Å²) in [5.74, 6) is 0.321. The summed E-state index contributed by atoms with van der Waals surface area (Å²) in [5, 5.41) is 9.03. The van der Waals surface area contributed by atoms with Crippen LogP contribution in [0.3, 0.4) is 0 Å². The fourth-order valence-electron chi connectivity index (χ4n) is 3.13. The molecule has 0 atom stereocenters. The van der Waals surface area contributed by atoms with Crippen LogP contribution in [0.25, 0.3) is 0 Å². The van der Waals surface area contributed by atoms with Crippen LogP contribution in [0, 0.1) is 5.92 Å². The number of aliphatic imine (C=N–C) groups is 1. The van der Waals surface area contributed by atoms with Gasteiger partial charge >= 0.3 is 6.36 Å². The number of guanidine groups is 1. The topological polar surface area (TPSA) is 74.8 Å². The molecule has 174 valence electrons. The standard InChI is InChI=1S/C22H25F3N4O2.HI/c1-26-21(28-14-17-7-2-3-11-19(17)31-22(23,24)25)27-13-15-6-4-10-18(12-15)29-20(30)16-8-5-9-16;/h2-4,6-7,10-12,16H,5,8-9,13-14H2,1H3,(H,29,30)(H2,26,27,28);1H. The number of ether oxygens (including phenoxy) is 1. The monoisotopic (exact) mass is 562 g/mol. The van der Waals surface area contributed by atoms with E-state index in [-0.39, 0.29) is 48.1 Å². The van der Waals surface area contributed by atoms with E-state index in [2.05, 4.69) is 25.7 Å². The van der Waals surface area contributed by atoms with Gasteiger partial charge in [0.25, 0.3) is 0 Å². The maximum Gasteiger partial charge on any atom is 0.573 e. The Morgan fingerprint density at radius 1 is 1.09 bits per heavy atom. The van der Waals surface area contributed by atoms with E-state index in [0.29, 0.717) is 18.1 Å². The first kappa shape index (κ1) is 25.8. The molecule has 1 fully saturated rings. The Hall–Kier alpha value is -2.50. The van der Waals surface area contributed by atoms with Gasteiger partial charge in [0, 0.05) is 37.3 Å². The second-order valence-corrected chi connectivity index (χ2v) is 7.25. The fourth-order valence-corrected chi connectivity index (χ4v) is 3.13. The molecule has 0 saturated heterocycles. The number of alkyl halides is 3. The van der Waals surface area contributed by atoms with Crippen LogP contribution in [0.1, 0.15) is 30.4 Å². The number of nitrogens with zero attached hydrogens (tertiary/aromatic N) is 1. The van der Waals surface area contributed by atoms with Gasteiger partial charge in [0.15, 0.2) is 5.96 Å². The summed E-state index contributed by atoms with van der Waals surface area (Å²) in [6.07, 6.45) is -1.78. The number of benzene rings is 2. The summed E-state index contributed by atoms with van der Waals surface area (Å²) in [6.45, 7) is 0.525. The van der Waals surface area contributed by atoms with Crippen molar-refractivity contribution in [3.8, 4) is 5.75 Å². The molecule has 1 saturated carbocycles. The Kier molecular flexibility index (Phi) is 9.60. The number of anilines is 1. The van der Waals surface area contributed by atoms with Crippen molar-refractivity contribution >= 4 is 41.5 Å². The molecule has 0 aromatic heterocycles. The number of nitrogens with one attached hydrogen (secondary N) is 3. The quantitative estimate of drug-likeness (QED) is 0.258. The fraction of sp³-hybridized carbons (Fsp3) is 0.364. The van der Waals surface area contributed by atoms with E-state index in [9.17, 15) is 18.0 Å². The summed E-state index contributed by atoms with van der Waals surface area (Å²) in [6, 6.07) is 13.4. The highest BCUT2D eigenvalue weighted by Crippen LogP contribution is 2.28. The third kappa shape index (κ3) is 7.88. The molecule has 0 unspecified atom stereocenters. The number of hydrogen-bond donors (Lipinski definition) is 3. The maximum atomic E-state index is 12.6. The van der Waals surface area contributed by atoms with Crippen molar-refractivity contribution in [2.24, 2.45) is 10.9 Å². The minimum absolute atomic E-state index is 0. The lowest BCUT2D eigenvalue weighted by molar-refractivity contribution is -0.274. The lowest BCUT2D eigenvalue weighted by atomic mass is 9.85. The van der Waals surface area contributed by atoms with Gasteiger partial charge in [0.2, 0.25) is 5.91 Å². The molecule has 6 nitrogen and oxygen atoms in total. The normalized spacial score (nSPS) is 14.1. The van der Waals surface area contributed by atoms with Gasteiger partial charge in [-0.05, 0) is 36.6 Å². The third-order valence-corrected chi connectivity index (χ3v) is 5.00. The van der Waals surface area contributed by atoms with Crippen molar-refractivity contribution in [3.05, 3.63) is 59.7 Å². The molecule has 10 heteroatoms. The van der Waals surface area contributed by atoms with Gasteiger partial charge in [-0.25, -0.2) is 0 Å². The lowest BCUT2D eigenvalue weighted by Crippen LogP contribution is -2.36. The van der Waals surface area contributed by atoms with Crippen molar-refractivity contribution < 1.29 is 22.7 Å². The first-order valence-electron chi connectivity index (χ1n) is 10.0. The summed E-state index contributed by atoms with van der Waals surface area (Å²) >= 11 is 0. The third-order valence-electron chi connectivity index (χ3n) is 5.00. The second kappa shape index (κ2) is 11.9. The van der Waals surface area contributed by atoms with Crippen molar-refractivity contribution in [1.82, 2.24) is 10.6 Å². The van der Waals surface area contributed by atoms with Crippen LogP contribution in [0.15, 0.2) is 53.5 Å². The molecule has 0 spiro atoms. The minimum atomic E-state index is -4.75. The van der Waals surface area contributed by atoms with E-state index in [1.165, 1.54) is 12.1 Å². The average molecular weight is 562 g/mol. The second-order valence-electron chi connectivity index (χ2n) is 7.25. The summed E-state index contributed by atoms with van der Waals surface area (Å²) in [7, 11) is 1.57. The van der Waals surface area contributed by atoms with Crippen molar-refractivity contribution in [1.29, 1.82) is 0 Å². The van der Waals surface area contributed by atoms with E-state index in [4.69, 9.17) is 0 Å². The Labute approximate surface area is 202 Å². The predicted molar refractivity (Wildman–Crippen MR) is 128 cm³/mol. The van der Waals surface area contributed by atoms with Crippen LogP contribution in [-0.2, 0) is 17.9 Å². The van der Waals surface area contributed by atoms with Gasteiger partial charge < -0.3 is 20.7 Å². The Balaban J connectivity index is 0.00000363. The number of carbonyl (C=O) groups excluding carboxylic acids is 1. The first-order valence-corrected chi connectivity index (χ1v) is 10.0. The molecule has 3 rings (SSSR count). The zero-order chi connectivity index (χ0) is 22.3. The van der Waals surface area contributed by atoms with Crippen LogP contribution in [0.5, 0.6) is 5.75 Å². The van der Waals surface area contributed by atoms with Crippen molar-refractivity contribution in [2.45, 2.75) is 38.7 Å². The van der Waals surface area contributed by atoms with E-state index in [1.54, 1.807) is 19.2 Å². The maximum absolute atomic E-state index is 12.6. The van der Waals surface area contributed by atoms with E-state index < -0.39 is 6.36 Å². The minimum Gasteiger partial charge on any atom is -0.405 e. The van der Waals surface area contributed by atoms with Crippen molar-refractivity contribution in [3.63, 3.8) is 0 Å². The number of carbonyl (C=O) groups is 1. The van der Waals surface area contributed by atoms with Crippen LogP contribution >= 0.6 is 24.0 Å². The highest BCUT2D eigenvalue weighted by molar-refractivity contribution is 14.0. The van der Waals surface area contributed by atoms with E-state index in [0.717, 1.165) is 30.5 Å². The largest absolute Gasteiger partial charge is 0.573 e.